The van der Waals surface area contributed by atoms with E-state index in [1.54, 1.807) is 18.3 Å². The number of rotatable bonds is 3. The number of hydrogen-bond donors (Lipinski definition) is 2. The summed E-state index contributed by atoms with van der Waals surface area (Å²) in [6.45, 7) is 0. The second-order valence-electron chi connectivity index (χ2n) is 3.30. The van der Waals surface area contributed by atoms with Gasteiger partial charge < -0.3 is 5.73 Å². The van der Waals surface area contributed by atoms with E-state index in [9.17, 15) is 0 Å². The van der Waals surface area contributed by atoms with Gasteiger partial charge in [-0.15, -0.1) is 0 Å². The van der Waals surface area contributed by atoms with Crippen molar-refractivity contribution in [3.63, 3.8) is 0 Å². The highest BCUT2D eigenvalue weighted by atomic mass is 35.5. The molecule has 1 aromatic carbocycles. The summed E-state index contributed by atoms with van der Waals surface area (Å²) in [6, 6.07) is 5.25. The normalized spacial score (nSPS) is 10.3. The first-order valence-corrected chi connectivity index (χ1v) is 6.43. The molecule has 7 heteroatoms. The number of hydrogen-bond acceptors (Lipinski definition) is 4. The molecule has 1 heterocycles. The van der Waals surface area contributed by atoms with Crippen LogP contribution in [-0.2, 0) is 0 Å². The van der Waals surface area contributed by atoms with Crippen molar-refractivity contribution >= 4 is 40.8 Å². The van der Waals surface area contributed by atoms with Crippen molar-refractivity contribution in [2.45, 2.75) is 9.92 Å². The van der Waals surface area contributed by atoms with Crippen molar-refractivity contribution in [2.75, 3.05) is 0 Å². The monoisotopic (exact) mass is 298 g/mol. The third kappa shape index (κ3) is 2.93. The summed E-state index contributed by atoms with van der Waals surface area (Å²) in [5.41, 5.74) is 5.80. The van der Waals surface area contributed by atoms with Gasteiger partial charge in [0.2, 0.25) is 0 Å². The smallest absolute Gasteiger partial charge is 0.144 e. The Kier molecular flexibility index (Phi) is 4.06. The lowest BCUT2D eigenvalue weighted by Crippen LogP contribution is -2.14. The summed E-state index contributed by atoms with van der Waals surface area (Å²) in [7, 11) is 0. The van der Waals surface area contributed by atoms with Gasteiger partial charge in [-0.2, -0.15) is 0 Å². The fraction of sp³-hybridized carbons (Fsp3) is 0. The summed E-state index contributed by atoms with van der Waals surface area (Å²) in [5, 5.41) is 8.95. The van der Waals surface area contributed by atoms with Crippen molar-refractivity contribution in [1.29, 1.82) is 5.41 Å². The van der Waals surface area contributed by atoms with Crippen molar-refractivity contribution in [3.8, 4) is 0 Å². The number of aromatic nitrogens is 2. The van der Waals surface area contributed by atoms with E-state index in [1.807, 2.05) is 6.07 Å². The molecule has 2 rings (SSSR count). The molecular weight excluding hydrogens is 291 g/mol. The van der Waals surface area contributed by atoms with Crippen LogP contribution in [-0.4, -0.2) is 15.8 Å². The molecular formula is C11H8Cl2N4S. The molecule has 18 heavy (non-hydrogen) atoms. The van der Waals surface area contributed by atoms with E-state index in [0.717, 1.165) is 4.90 Å². The molecule has 0 aliphatic heterocycles. The van der Waals surface area contributed by atoms with Gasteiger partial charge in [-0.25, -0.2) is 9.97 Å². The van der Waals surface area contributed by atoms with Gasteiger partial charge in [0.15, 0.2) is 0 Å². The van der Waals surface area contributed by atoms with E-state index >= 15 is 0 Å². The van der Waals surface area contributed by atoms with Crippen LogP contribution in [0.15, 0.2) is 40.5 Å². The van der Waals surface area contributed by atoms with Crippen LogP contribution in [0.2, 0.25) is 10.0 Å². The molecule has 0 aliphatic carbocycles. The molecule has 0 amide bonds. The zero-order valence-electron chi connectivity index (χ0n) is 9.02. The first-order chi connectivity index (χ1) is 8.58. The van der Waals surface area contributed by atoms with Gasteiger partial charge in [0.05, 0.1) is 10.0 Å². The van der Waals surface area contributed by atoms with E-state index in [0.29, 0.717) is 20.8 Å². The van der Waals surface area contributed by atoms with Gasteiger partial charge in [-0.3, -0.25) is 5.41 Å². The Labute approximate surface area is 118 Å². The predicted molar refractivity (Wildman–Crippen MR) is 73.6 cm³/mol. The molecule has 0 saturated heterocycles. The average Bonchev–Trinajstić information content (AvgIpc) is 2.34. The summed E-state index contributed by atoms with van der Waals surface area (Å²) < 4.78 is 0. The van der Waals surface area contributed by atoms with Gasteiger partial charge in [-0.1, -0.05) is 35.0 Å². The fourth-order valence-electron chi connectivity index (χ4n) is 1.24. The Morgan fingerprint density at radius 1 is 1.17 bits per heavy atom. The highest BCUT2D eigenvalue weighted by Crippen LogP contribution is 2.32. The molecule has 3 N–H and O–H groups in total. The van der Waals surface area contributed by atoms with Crippen LogP contribution in [0.1, 0.15) is 5.69 Å². The number of halogens is 2. The number of benzene rings is 1. The molecule has 2 aromatic rings. The second-order valence-corrected chi connectivity index (χ2v) is 5.18. The lowest BCUT2D eigenvalue weighted by Gasteiger charge is -2.06. The van der Waals surface area contributed by atoms with Crippen LogP contribution in [0, 0.1) is 5.41 Å². The largest absolute Gasteiger partial charge is 0.382 e. The van der Waals surface area contributed by atoms with E-state index in [4.69, 9.17) is 34.3 Å². The van der Waals surface area contributed by atoms with Crippen LogP contribution in [0.5, 0.6) is 0 Å². The zero-order valence-corrected chi connectivity index (χ0v) is 11.4. The third-order valence-corrected chi connectivity index (χ3v) is 3.75. The van der Waals surface area contributed by atoms with Crippen molar-refractivity contribution < 1.29 is 0 Å². The Hall–Kier alpha value is -1.30. The number of nitrogens with zero attached hydrogens (tertiary/aromatic N) is 2. The summed E-state index contributed by atoms with van der Waals surface area (Å²) in [5.74, 6) is -0.120. The molecule has 0 fully saturated rings. The maximum absolute atomic E-state index is 7.43. The minimum atomic E-state index is -0.120. The van der Waals surface area contributed by atoms with Gasteiger partial charge in [0, 0.05) is 17.3 Å². The van der Waals surface area contributed by atoms with Gasteiger partial charge >= 0.3 is 0 Å². The van der Waals surface area contributed by atoms with Crippen molar-refractivity contribution in [3.05, 3.63) is 46.3 Å². The number of amidine groups is 1. The van der Waals surface area contributed by atoms with Gasteiger partial charge in [0.1, 0.15) is 16.6 Å². The van der Waals surface area contributed by atoms with Crippen LogP contribution < -0.4 is 5.73 Å². The number of nitrogens with one attached hydrogen (secondary N) is 1. The number of nitrogen functional groups attached to an aromatic ring is 1. The quantitative estimate of drug-likeness (QED) is 0.674. The molecule has 0 atom stereocenters. The lowest BCUT2D eigenvalue weighted by molar-refractivity contribution is 1.03. The fourth-order valence-corrected chi connectivity index (χ4v) is 2.51. The van der Waals surface area contributed by atoms with E-state index in [1.165, 1.54) is 18.0 Å². The van der Waals surface area contributed by atoms with E-state index in [2.05, 4.69) is 9.97 Å². The average molecular weight is 299 g/mol. The Morgan fingerprint density at radius 2 is 1.89 bits per heavy atom. The lowest BCUT2D eigenvalue weighted by atomic mass is 10.4. The van der Waals surface area contributed by atoms with Crippen molar-refractivity contribution in [2.24, 2.45) is 5.73 Å². The molecule has 0 aliphatic rings. The molecule has 92 valence electrons. The molecule has 0 saturated carbocycles. The summed E-state index contributed by atoms with van der Waals surface area (Å²) >= 11 is 13.1. The minimum absolute atomic E-state index is 0.120. The Bertz CT molecular complexity index is 603. The van der Waals surface area contributed by atoms with Crippen LogP contribution in [0.25, 0.3) is 0 Å². The van der Waals surface area contributed by atoms with Crippen molar-refractivity contribution in [1.82, 2.24) is 9.97 Å². The first-order valence-electron chi connectivity index (χ1n) is 4.86. The molecule has 0 unspecified atom stereocenters. The SMILES string of the molecule is N=C(N)c1nccnc1Sc1ccc(Cl)c(Cl)c1. The van der Waals surface area contributed by atoms with Gasteiger partial charge in [-0.05, 0) is 18.2 Å². The first kappa shape index (κ1) is 13.1. The zero-order chi connectivity index (χ0) is 13.1. The summed E-state index contributed by atoms with van der Waals surface area (Å²) in [6.07, 6.45) is 3.04. The van der Waals surface area contributed by atoms with Gasteiger partial charge in [0.25, 0.3) is 0 Å². The topological polar surface area (TPSA) is 75.7 Å². The minimum Gasteiger partial charge on any atom is -0.382 e. The third-order valence-electron chi connectivity index (χ3n) is 2.03. The predicted octanol–water partition coefficient (Wildman–Crippen LogP) is 3.22. The van der Waals surface area contributed by atoms with E-state index in [-0.39, 0.29) is 5.84 Å². The van der Waals surface area contributed by atoms with Crippen LogP contribution in [0.4, 0.5) is 0 Å². The highest BCUT2D eigenvalue weighted by molar-refractivity contribution is 7.99. The maximum Gasteiger partial charge on any atom is 0.144 e. The standard InChI is InChI=1S/C11H8Cl2N4S/c12-7-2-1-6(5-8(7)13)18-11-9(10(14)15)16-3-4-17-11/h1-5H,(H3,14,15). The summed E-state index contributed by atoms with van der Waals surface area (Å²) in [4.78, 5) is 9.03. The molecule has 1 aromatic heterocycles. The molecule has 4 nitrogen and oxygen atoms in total. The highest BCUT2D eigenvalue weighted by Gasteiger charge is 2.10. The molecule has 0 spiro atoms. The Balaban J connectivity index is 2.34. The second kappa shape index (κ2) is 5.56. The van der Waals surface area contributed by atoms with Crippen LogP contribution >= 0.6 is 35.0 Å². The maximum atomic E-state index is 7.43. The molecule has 0 bridgehead atoms. The van der Waals surface area contributed by atoms with E-state index < -0.39 is 0 Å². The molecule has 0 radical (unpaired) electrons. The van der Waals surface area contributed by atoms with Crippen LogP contribution in [0.3, 0.4) is 0 Å². The Morgan fingerprint density at radius 3 is 2.56 bits per heavy atom. The number of nitrogens with two attached hydrogens (primary N) is 1.